The zero-order valence-corrected chi connectivity index (χ0v) is 30.3. The number of nitrogens with one attached hydrogen (secondary N) is 1. The van der Waals surface area contributed by atoms with E-state index in [0.717, 1.165) is 16.7 Å². The molecule has 0 aliphatic carbocycles. The SMILES string of the molecule is CCOP(=O)(OCC)[C@@]1(O[Si](C)(C)C)C[C@H](n2cc(C)c(=O)[nH]c2=O)OC1COC(c1ccccc1)(c1ccccc1)c1ccccc1. The van der Waals surface area contributed by atoms with Crippen LogP contribution in [0.5, 0.6) is 0 Å². The summed E-state index contributed by atoms with van der Waals surface area (Å²) in [5.41, 5.74) is 0.670. The summed E-state index contributed by atoms with van der Waals surface area (Å²) < 4.78 is 49.3. The summed E-state index contributed by atoms with van der Waals surface area (Å²) in [6.07, 6.45) is -0.620. The highest BCUT2D eigenvalue weighted by atomic mass is 31.2. The third kappa shape index (κ3) is 7.00. The van der Waals surface area contributed by atoms with E-state index in [2.05, 4.69) is 4.98 Å². The Morgan fingerprint density at radius 3 is 1.79 bits per heavy atom. The number of aromatic nitrogens is 2. The van der Waals surface area contributed by atoms with Crippen molar-refractivity contribution in [3.8, 4) is 0 Å². The van der Waals surface area contributed by atoms with Gasteiger partial charge in [-0.15, -0.1) is 0 Å². The number of aromatic amines is 1. The third-order valence-electron chi connectivity index (χ3n) is 8.28. The maximum atomic E-state index is 15.1. The van der Waals surface area contributed by atoms with Crippen LogP contribution in [0.1, 0.15) is 48.8 Å². The van der Waals surface area contributed by atoms with Crippen molar-refractivity contribution < 1.29 is 27.5 Å². The Kier molecular flexibility index (Phi) is 10.9. The fraction of sp³-hybridized carbons (Fsp3) is 0.389. The first-order valence-corrected chi connectivity index (χ1v) is 21.2. The number of aryl methyl sites for hydroxylation is 1. The molecule has 1 aliphatic rings. The average molecular weight is 693 g/mol. The summed E-state index contributed by atoms with van der Waals surface area (Å²) in [6.45, 7) is 11.1. The number of ether oxygens (including phenoxy) is 2. The monoisotopic (exact) mass is 692 g/mol. The fourth-order valence-corrected chi connectivity index (χ4v) is 11.0. The van der Waals surface area contributed by atoms with E-state index in [1.807, 2.05) is 111 Å². The number of rotatable bonds is 14. The number of H-pyrrole nitrogens is 1. The van der Waals surface area contributed by atoms with Gasteiger partial charge >= 0.3 is 13.3 Å². The topological polar surface area (TPSA) is 118 Å². The van der Waals surface area contributed by atoms with E-state index >= 15 is 4.57 Å². The smallest absolute Gasteiger partial charge is 0.364 e. The molecule has 0 spiro atoms. The van der Waals surface area contributed by atoms with Gasteiger partial charge in [-0.05, 0) is 57.1 Å². The van der Waals surface area contributed by atoms with Crippen molar-refractivity contribution >= 4 is 15.9 Å². The van der Waals surface area contributed by atoms with E-state index in [9.17, 15) is 9.59 Å². The summed E-state index contributed by atoms with van der Waals surface area (Å²) in [5, 5.41) is -1.66. The molecule has 0 bridgehead atoms. The van der Waals surface area contributed by atoms with Crippen LogP contribution in [0.25, 0.3) is 0 Å². The molecule has 3 aromatic carbocycles. The molecular weight excluding hydrogens is 647 g/mol. The lowest BCUT2D eigenvalue weighted by molar-refractivity contribution is -0.103. The van der Waals surface area contributed by atoms with Crippen molar-refractivity contribution in [2.75, 3.05) is 19.8 Å². The van der Waals surface area contributed by atoms with Crippen molar-refractivity contribution in [1.82, 2.24) is 9.55 Å². The minimum absolute atomic E-state index is 0.0526. The van der Waals surface area contributed by atoms with Crippen LogP contribution in [0.4, 0.5) is 0 Å². The van der Waals surface area contributed by atoms with E-state index in [4.69, 9.17) is 22.9 Å². The summed E-state index contributed by atoms with van der Waals surface area (Å²) >= 11 is 0. The van der Waals surface area contributed by atoms with Crippen LogP contribution < -0.4 is 11.2 Å². The van der Waals surface area contributed by atoms with E-state index in [1.54, 1.807) is 20.8 Å². The first-order valence-electron chi connectivity index (χ1n) is 16.3. The molecule has 1 N–H and O–H groups in total. The standard InChI is InChI=1S/C36H45N2O8PSi/c1-7-43-47(41,44-8-2)35(46-48(4,5)6)24-32(38-25-27(3)33(39)37-34(38)40)45-31(35)26-42-36(28-18-12-9-13-19-28,29-20-14-10-15-21-29)30-22-16-11-17-23-30/h9-23,25,31-32H,7-8,24,26H2,1-6H3,(H,37,39,40)/t31?,32-,35+/m1/s1. The molecule has 5 rings (SSSR count). The van der Waals surface area contributed by atoms with Gasteiger partial charge in [0.1, 0.15) is 17.9 Å². The first-order chi connectivity index (χ1) is 22.9. The van der Waals surface area contributed by atoms with Gasteiger partial charge in [0.25, 0.3) is 5.56 Å². The third-order valence-corrected chi connectivity index (χ3v) is 12.1. The molecule has 0 amide bonds. The molecule has 10 nitrogen and oxygen atoms in total. The second-order valence-corrected chi connectivity index (χ2v) is 19.4. The molecule has 1 unspecified atom stereocenters. The number of hydrogen-bond acceptors (Lipinski definition) is 8. The Hall–Kier alpha value is -3.41. The van der Waals surface area contributed by atoms with Gasteiger partial charge in [-0.25, -0.2) is 4.79 Å². The lowest BCUT2D eigenvalue weighted by atomic mass is 9.80. The van der Waals surface area contributed by atoms with Gasteiger partial charge in [-0.1, -0.05) is 91.0 Å². The first kappa shape index (κ1) is 35.9. The molecule has 0 saturated carbocycles. The Balaban J connectivity index is 1.72. The molecule has 0 radical (unpaired) electrons. The predicted octanol–water partition coefficient (Wildman–Crippen LogP) is 6.96. The molecule has 1 fully saturated rings. The lowest BCUT2D eigenvalue weighted by Crippen LogP contribution is -2.51. The molecule has 256 valence electrons. The molecular formula is C36H45N2O8PSi. The highest BCUT2D eigenvalue weighted by Crippen LogP contribution is 2.68. The van der Waals surface area contributed by atoms with Gasteiger partial charge in [-0.3, -0.25) is 18.9 Å². The maximum Gasteiger partial charge on any atom is 0.364 e. The predicted molar refractivity (Wildman–Crippen MR) is 188 cm³/mol. The minimum atomic E-state index is -4.12. The van der Waals surface area contributed by atoms with Crippen LogP contribution in [-0.4, -0.2) is 49.1 Å². The summed E-state index contributed by atoms with van der Waals surface area (Å²) in [4.78, 5) is 27.8. The van der Waals surface area contributed by atoms with Crippen LogP contribution in [0.15, 0.2) is 107 Å². The van der Waals surface area contributed by atoms with Crippen LogP contribution in [0.2, 0.25) is 19.6 Å². The van der Waals surface area contributed by atoms with Crippen LogP contribution >= 0.6 is 7.60 Å². The lowest BCUT2D eigenvalue weighted by Gasteiger charge is -2.44. The van der Waals surface area contributed by atoms with Gasteiger partial charge in [0, 0.05) is 18.2 Å². The second kappa shape index (κ2) is 14.6. The van der Waals surface area contributed by atoms with Crippen molar-refractivity contribution in [1.29, 1.82) is 0 Å². The largest absolute Gasteiger partial charge is 0.399 e. The minimum Gasteiger partial charge on any atom is -0.399 e. The zero-order chi connectivity index (χ0) is 34.6. The van der Waals surface area contributed by atoms with E-state index < -0.39 is 50.4 Å². The normalized spacial score (nSPS) is 20.2. The van der Waals surface area contributed by atoms with Gasteiger partial charge < -0.3 is 22.9 Å². The zero-order valence-electron chi connectivity index (χ0n) is 28.4. The van der Waals surface area contributed by atoms with Crippen LogP contribution in [-0.2, 0) is 33.1 Å². The Morgan fingerprint density at radius 2 is 1.35 bits per heavy atom. The molecule has 1 aliphatic heterocycles. The van der Waals surface area contributed by atoms with Gasteiger partial charge in [-0.2, -0.15) is 0 Å². The van der Waals surface area contributed by atoms with Crippen molar-refractivity contribution in [2.45, 2.75) is 70.1 Å². The van der Waals surface area contributed by atoms with Crippen molar-refractivity contribution in [2.24, 2.45) is 0 Å². The molecule has 48 heavy (non-hydrogen) atoms. The van der Waals surface area contributed by atoms with Gasteiger partial charge in [0.2, 0.25) is 0 Å². The molecule has 2 heterocycles. The highest BCUT2D eigenvalue weighted by Gasteiger charge is 2.65. The quantitative estimate of drug-likeness (QED) is 0.0857. The van der Waals surface area contributed by atoms with Gasteiger partial charge in [0.15, 0.2) is 13.7 Å². The number of hydrogen-bond donors (Lipinski definition) is 1. The fourth-order valence-electron chi connectivity index (χ4n) is 6.41. The number of nitrogens with zero attached hydrogens (tertiary/aromatic N) is 1. The van der Waals surface area contributed by atoms with Crippen LogP contribution in [0.3, 0.4) is 0 Å². The van der Waals surface area contributed by atoms with Gasteiger partial charge in [0.05, 0.1) is 19.8 Å². The van der Waals surface area contributed by atoms with E-state index in [0.29, 0.717) is 5.56 Å². The Labute approximate surface area is 282 Å². The Bertz CT molecular complexity index is 1720. The molecule has 12 heteroatoms. The summed E-state index contributed by atoms with van der Waals surface area (Å²) in [6, 6.07) is 29.7. The molecule has 3 atom stereocenters. The second-order valence-electron chi connectivity index (χ2n) is 12.7. The molecule has 4 aromatic rings. The van der Waals surface area contributed by atoms with E-state index in [-0.39, 0.29) is 26.2 Å². The van der Waals surface area contributed by atoms with Crippen LogP contribution in [0, 0.1) is 6.92 Å². The summed E-state index contributed by atoms with van der Waals surface area (Å²) in [5.74, 6) is 0. The van der Waals surface area contributed by atoms with E-state index in [1.165, 1.54) is 10.8 Å². The average Bonchev–Trinajstić information content (AvgIpc) is 3.43. The maximum absolute atomic E-state index is 15.1. The summed E-state index contributed by atoms with van der Waals surface area (Å²) in [7, 11) is -6.67. The molecule has 1 saturated heterocycles. The number of benzene rings is 3. The molecule has 1 aromatic heterocycles. The highest BCUT2D eigenvalue weighted by molar-refractivity contribution is 7.55. The van der Waals surface area contributed by atoms with Crippen molar-refractivity contribution in [3.05, 3.63) is 140 Å². The Morgan fingerprint density at radius 1 is 0.875 bits per heavy atom. The van der Waals surface area contributed by atoms with Crippen molar-refractivity contribution in [3.63, 3.8) is 0 Å².